The van der Waals surface area contributed by atoms with Gasteiger partial charge in [-0.2, -0.15) is 0 Å². The predicted molar refractivity (Wildman–Crippen MR) is 229 cm³/mol. The quantitative estimate of drug-likeness (QED) is 0.172. The van der Waals surface area contributed by atoms with Crippen molar-refractivity contribution in [1.29, 1.82) is 0 Å². The van der Waals surface area contributed by atoms with Crippen LogP contribution in [0.3, 0.4) is 0 Å². The van der Waals surface area contributed by atoms with Gasteiger partial charge in [0.15, 0.2) is 17.5 Å². The summed E-state index contributed by atoms with van der Waals surface area (Å²) < 4.78 is 50.2. The van der Waals surface area contributed by atoms with Gasteiger partial charge in [-0.3, -0.25) is 0 Å². The van der Waals surface area contributed by atoms with Crippen molar-refractivity contribution in [2.24, 2.45) is 0 Å². The highest BCUT2D eigenvalue weighted by atomic mass is 16.3. The van der Waals surface area contributed by atoms with Gasteiger partial charge in [-0.25, -0.2) is 15.0 Å². The fourth-order valence-electron chi connectivity index (χ4n) is 7.68. The number of para-hydroxylation sites is 3. The lowest BCUT2D eigenvalue weighted by Gasteiger charge is -2.09. The molecule has 0 aliphatic rings. The number of hydrogen-bond acceptors (Lipinski definition) is 4. The van der Waals surface area contributed by atoms with Crippen LogP contribution >= 0.6 is 0 Å². The van der Waals surface area contributed by atoms with E-state index in [0.29, 0.717) is 39.7 Å². The van der Waals surface area contributed by atoms with Crippen molar-refractivity contribution in [2.45, 2.75) is 0 Å². The number of benzene rings is 8. The molecule has 0 amide bonds. The molecule has 8 aromatic carbocycles. The van der Waals surface area contributed by atoms with E-state index in [1.54, 1.807) is 24.3 Å². The second-order valence-corrected chi connectivity index (χ2v) is 13.7. The van der Waals surface area contributed by atoms with Crippen molar-refractivity contribution in [3.8, 4) is 62.1 Å². The zero-order chi connectivity index (χ0) is 41.4. The topological polar surface area (TPSA) is 56.7 Å². The standard InChI is InChI=1S/C51H32N4O/c1-4-13-33(14-5-1)34-23-25-36(26-24-34)50-52-49(35-15-6-2-7-16-35)53-51(54-50)42-21-12-20-41-44-32-38(28-30-47(44)56-48(41)42)37-27-29-46-43(31-37)40-19-10-11-22-45(40)55(46)39-17-8-3-9-18-39/h1-32H/i1D,4D,5D,13D,14D. The molecular weight excluding hydrogens is 685 g/mol. The van der Waals surface area contributed by atoms with E-state index in [1.165, 1.54) is 10.8 Å². The summed E-state index contributed by atoms with van der Waals surface area (Å²) in [5, 5.41) is 4.28. The third kappa shape index (κ3) is 5.37. The minimum Gasteiger partial charge on any atom is -0.455 e. The van der Waals surface area contributed by atoms with Crippen molar-refractivity contribution in [3.05, 3.63) is 194 Å². The fraction of sp³-hybridized carbons (Fsp3) is 0. The molecule has 11 aromatic rings. The van der Waals surface area contributed by atoms with Gasteiger partial charge in [0.05, 0.1) is 23.5 Å². The molecule has 0 unspecified atom stereocenters. The molecule has 0 N–H and O–H groups in total. The van der Waals surface area contributed by atoms with Crippen LogP contribution in [-0.4, -0.2) is 19.5 Å². The molecule has 0 bridgehead atoms. The van der Waals surface area contributed by atoms with Gasteiger partial charge < -0.3 is 8.98 Å². The lowest BCUT2D eigenvalue weighted by atomic mass is 10.00. The zero-order valence-corrected chi connectivity index (χ0v) is 29.8. The van der Waals surface area contributed by atoms with Crippen LogP contribution in [0.5, 0.6) is 0 Å². The van der Waals surface area contributed by atoms with Crippen molar-refractivity contribution < 1.29 is 11.3 Å². The van der Waals surface area contributed by atoms with E-state index >= 15 is 0 Å². The Morgan fingerprint density at radius 3 is 1.79 bits per heavy atom. The van der Waals surface area contributed by atoms with Crippen molar-refractivity contribution in [2.75, 3.05) is 0 Å². The van der Waals surface area contributed by atoms with Gasteiger partial charge >= 0.3 is 0 Å². The third-order valence-corrected chi connectivity index (χ3v) is 10.4. The lowest BCUT2D eigenvalue weighted by Crippen LogP contribution is -2.00. The molecule has 56 heavy (non-hydrogen) atoms. The highest BCUT2D eigenvalue weighted by molar-refractivity contribution is 6.12. The van der Waals surface area contributed by atoms with E-state index in [9.17, 15) is 0 Å². The van der Waals surface area contributed by atoms with Crippen LogP contribution in [0.4, 0.5) is 0 Å². The largest absolute Gasteiger partial charge is 0.455 e. The summed E-state index contributed by atoms with van der Waals surface area (Å²) >= 11 is 0. The molecule has 3 heterocycles. The highest BCUT2D eigenvalue weighted by Gasteiger charge is 2.19. The normalized spacial score (nSPS) is 12.8. The molecule has 5 nitrogen and oxygen atoms in total. The maximum atomic E-state index is 8.47. The second kappa shape index (κ2) is 13.0. The highest BCUT2D eigenvalue weighted by Crippen LogP contribution is 2.39. The summed E-state index contributed by atoms with van der Waals surface area (Å²) in [5.41, 5.74) is 9.81. The van der Waals surface area contributed by atoms with Gasteiger partial charge in [-0.1, -0.05) is 145 Å². The first-order valence-electron chi connectivity index (χ1n) is 20.9. The Bertz CT molecular complexity index is 3500. The minimum atomic E-state index is -0.428. The van der Waals surface area contributed by atoms with E-state index in [2.05, 4.69) is 89.5 Å². The average molecular weight is 722 g/mol. The molecule has 0 aliphatic carbocycles. The van der Waals surface area contributed by atoms with Crippen LogP contribution in [0.25, 0.3) is 106 Å². The Labute approximate surface area is 329 Å². The summed E-state index contributed by atoms with van der Waals surface area (Å²) in [4.78, 5) is 14.9. The van der Waals surface area contributed by atoms with Crippen molar-refractivity contribution in [3.63, 3.8) is 0 Å². The van der Waals surface area contributed by atoms with E-state index in [4.69, 9.17) is 26.2 Å². The number of rotatable bonds is 6. The molecule has 262 valence electrons. The first-order valence-corrected chi connectivity index (χ1v) is 18.4. The summed E-state index contributed by atoms with van der Waals surface area (Å²) in [6.07, 6.45) is 0. The first-order chi connectivity index (χ1) is 29.8. The molecule has 0 saturated heterocycles. The molecule has 0 radical (unpaired) electrons. The predicted octanol–water partition coefficient (Wildman–Crippen LogP) is 13.2. The molecule has 0 fully saturated rings. The van der Waals surface area contributed by atoms with Crippen LogP contribution in [0.1, 0.15) is 6.85 Å². The number of nitrogens with zero attached hydrogens (tertiary/aromatic N) is 4. The van der Waals surface area contributed by atoms with Gasteiger partial charge in [0.2, 0.25) is 0 Å². The minimum absolute atomic E-state index is 0.134. The molecule has 3 aromatic heterocycles. The first kappa shape index (κ1) is 27.0. The summed E-state index contributed by atoms with van der Waals surface area (Å²) in [7, 11) is 0. The van der Waals surface area contributed by atoms with Crippen LogP contribution in [0.15, 0.2) is 198 Å². The van der Waals surface area contributed by atoms with E-state index in [-0.39, 0.29) is 29.7 Å². The van der Waals surface area contributed by atoms with Gasteiger partial charge in [-0.05, 0) is 70.8 Å². The monoisotopic (exact) mass is 721 g/mol. The molecular formula is C51H32N4O. The van der Waals surface area contributed by atoms with E-state index < -0.39 is 6.04 Å². The second-order valence-electron chi connectivity index (χ2n) is 13.7. The van der Waals surface area contributed by atoms with Crippen LogP contribution < -0.4 is 0 Å². The maximum absolute atomic E-state index is 8.47. The van der Waals surface area contributed by atoms with Crippen molar-refractivity contribution in [1.82, 2.24) is 19.5 Å². The number of hydrogen-bond donors (Lipinski definition) is 0. The SMILES string of the molecule is [2H]c1c([2H])c([2H])c(-c2ccc(-c3nc(-c4ccccc4)nc(-c4cccc5c4oc4ccc(-c6ccc7c(c6)c6ccccc6n7-c6ccccc6)cc45)n3)cc2)c([2H])c1[2H]. The van der Waals surface area contributed by atoms with Crippen LogP contribution in [0.2, 0.25) is 0 Å². The van der Waals surface area contributed by atoms with Gasteiger partial charge in [0, 0.05) is 38.4 Å². The lowest BCUT2D eigenvalue weighted by molar-refractivity contribution is 0.669. The summed E-state index contributed by atoms with van der Waals surface area (Å²) in [6, 6.07) is 53.0. The van der Waals surface area contributed by atoms with E-state index in [1.807, 2.05) is 54.6 Å². The van der Waals surface area contributed by atoms with Gasteiger partial charge in [0.25, 0.3) is 0 Å². The molecule has 0 saturated carbocycles. The summed E-state index contributed by atoms with van der Waals surface area (Å²) in [5.74, 6) is 1.33. The fourth-order valence-corrected chi connectivity index (χ4v) is 7.68. The Balaban J connectivity index is 1.02. The maximum Gasteiger partial charge on any atom is 0.167 e. The third-order valence-electron chi connectivity index (χ3n) is 10.4. The van der Waals surface area contributed by atoms with Crippen LogP contribution in [0, 0.1) is 0 Å². The Morgan fingerprint density at radius 1 is 0.411 bits per heavy atom. The number of fused-ring (bicyclic) bond motifs is 6. The van der Waals surface area contributed by atoms with Crippen LogP contribution in [-0.2, 0) is 0 Å². The molecule has 0 aliphatic heterocycles. The molecule has 0 atom stereocenters. The summed E-state index contributed by atoms with van der Waals surface area (Å²) in [6.45, 7) is 0. The molecule has 0 spiro atoms. The number of aromatic nitrogens is 4. The van der Waals surface area contributed by atoms with Gasteiger partial charge in [-0.15, -0.1) is 0 Å². The Morgan fingerprint density at radius 2 is 1.00 bits per heavy atom. The molecule has 5 heteroatoms. The average Bonchev–Trinajstić information content (AvgIpc) is 3.86. The molecule has 11 rings (SSSR count). The Kier molecular flexibility index (Phi) is 6.29. The Hall–Kier alpha value is -7.63. The van der Waals surface area contributed by atoms with Gasteiger partial charge in [0.1, 0.15) is 11.2 Å². The van der Waals surface area contributed by atoms with E-state index in [0.717, 1.165) is 49.8 Å². The smallest absolute Gasteiger partial charge is 0.167 e. The zero-order valence-electron chi connectivity index (χ0n) is 34.8. The number of furan rings is 1. The van der Waals surface area contributed by atoms with Crippen molar-refractivity contribution >= 4 is 43.7 Å².